The number of amides is 1. The number of nitrogens with zero attached hydrogens (tertiary/aromatic N) is 3. The van der Waals surface area contributed by atoms with Gasteiger partial charge in [0, 0.05) is 36.2 Å². The highest BCUT2D eigenvalue weighted by atomic mass is 19.3. The van der Waals surface area contributed by atoms with E-state index in [9.17, 15) is 13.6 Å². The second-order valence-electron chi connectivity index (χ2n) is 7.70. The van der Waals surface area contributed by atoms with Gasteiger partial charge in [-0.15, -0.1) is 0 Å². The van der Waals surface area contributed by atoms with Crippen LogP contribution < -0.4 is 5.32 Å². The van der Waals surface area contributed by atoms with Crippen LogP contribution in [0.15, 0.2) is 55.0 Å². The molecule has 1 fully saturated rings. The average molecular weight is 407 g/mol. The molecular formula is C22H19F2N5O. The summed E-state index contributed by atoms with van der Waals surface area (Å²) in [6.07, 6.45) is 4.63. The van der Waals surface area contributed by atoms with Gasteiger partial charge in [-0.1, -0.05) is 18.2 Å². The number of carbonyl (C=O) groups is 1. The number of imidazole rings is 2. The van der Waals surface area contributed by atoms with Crippen LogP contribution in [-0.2, 0) is 0 Å². The van der Waals surface area contributed by atoms with Crippen LogP contribution in [0.3, 0.4) is 0 Å². The third-order valence-corrected chi connectivity index (χ3v) is 5.52. The quantitative estimate of drug-likeness (QED) is 0.510. The molecule has 8 heteroatoms. The van der Waals surface area contributed by atoms with E-state index in [0.29, 0.717) is 22.9 Å². The summed E-state index contributed by atoms with van der Waals surface area (Å²) >= 11 is 0. The molecule has 1 amide bonds. The molecule has 2 N–H and O–H groups in total. The maximum Gasteiger partial charge on any atom is 0.274 e. The maximum absolute atomic E-state index is 13.1. The van der Waals surface area contributed by atoms with Gasteiger partial charge in [-0.25, -0.2) is 18.7 Å². The number of nitrogens with one attached hydrogen (secondary N) is 2. The zero-order valence-electron chi connectivity index (χ0n) is 16.2. The first-order chi connectivity index (χ1) is 14.4. The predicted molar refractivity (Wildman–Crippen MR) is 109 cm³/mol. The molecule has 0 spiro atoms. The Bertz CT molecular complexity index is 1250. The molecule has 0 aliphatic heterocycles. The largest absolute Gasteiger partial charge is 0.342 e. The van der Waals surface area contributed by atoms with E-state index in [-0.39, 0.29) is 24.7 Å². The average Bonchev–Trinajstić information content (AvgIpc) is 3.35. The topological polar surface area (TPSA) is 75.1 Å². The molecule has 0 saturated heterocycles. The number of halogens is 2. The van der Waals surface area contributed by atoms with E-state index in [1.54, 1.807) is 23.0 Å². The number of aromatic nitrogens is 4. The third kappa shape index (κ3) is 3.24. The summed E-state index contributed by atoms with van der Waals surface area (Å²) in [7, 11) is 0. The summed E-state index contributed by atoms with van der Waals surface area (Å²) < 4.78 is 28.0. The molecule has 1 aromatic carbocycles. The molecule has 0 bridgehead atoms. The smallest absolute Gasteiger partial charge is 0.274 e. The van der Waals surface area contributed by atoms with E-state index < -0.39 is 5.92 Å². The van der Waals surface area contributed by atoms with Crippen molar-refractivity contribution in [3.05, 3.63) is 72.1 Å². The minimum absolute atomic E-state index is 0.172. The second kappa shape index (κ2) is 6.76. The number of fused-ring (bicyclic) bond motifs is 1. The van der Waals surface area contributed by atoms with Crippen molar-refractivity contribution in [1.82, 2.24) is 19.4 Å². The maximum atomic E-state index is 13.1. The van der Waals surface area contributed by atoms with Gasteiger partial charge in [0.05, 0.1) is 18.1 Å². The van der Waals surface area contributed by atoms with E-state index in [4.69, 9.17) is 0 Å². The highest BCUT2D eigenvalue weighted by Gasteiger charge is 2.47. The van der Waals surface area contributed by atoms with Crippen molar-refractivity contribution >= 4 is 17.2 Å². The molecule has 3 aromatic heterocycles. The first-order valence-corrected chi connectivity index (χ1v) is 9.67. The minimum Gasteiger partial charge on any atom is -0.342 e. The Morgan fingerprint density at radius 3 is 2.83 bits per heavy atom. The van der Waals surface area contributed by atoms with Crippen LogP contribution in [0.5, 0.6) is 0 Å². The van der Waals surface area contributed by atoms with Crippen LogP contribution in [0.4, 0.5) is 14.5 Å². The number of H-pyrrole nitrogens is 1. The number of alkyl halides is 2. The lowest BCUT2D eigenvalue weighted by Crippen LogP contribution is -2.34. The second-order valence-corrected chi connectivity index (χ2v) is 7.70. The monoisotopic (exact) mass is 407 g/mol. The van der Waals surface area contributed by atoms with Crippen LogP contribution in [0.25, 0.3) is 16.9 Å². The summed E-state index contributed by atoms with van der Waals surface area (Å²) in [6.45, 7) is 1.91. The number of pyridine rings is 1. The SMILES string of the molecule is Cc1ccc(-c2cnc(C3CC(F)(F)C3)[nH]2)cc1NC(=O)c1cnc2ccccn12. The summed E-state index contributed by atoms with van der Waals surface area (Å²) in [5.74, 6) is -2.52. The number of anilines is 1. The van der Waals surface area contributed by atoms with Crippen LogP contribution >= 0.6 is 0 Å². The number of benzene rings is 1. The highest BCUT2D eigenvalue weighted by Crippen LogP contribution is 2.47. The van der Waals surface area contributed by atoms with Gasteiger partial charge in [0.1, 0.15) is 17.2 Å². The number of rotatable bonds is 4. The first kappa shape index (κ1) is 18.5. The van der Waals surface area contributed by atoms with Crippen molar-refractivity contribution in [3.8, 4) is 11.3 Å². The summed E-state index contributed by atoms with van der Waals surface area (Å²) in [5.41, 5.74) is 4.24. The van der Waals surface area contributed by atoms with Crippen LogP contribution in [0.1, 0.15) is 40.6 Å². The Balaban J connectivity index is 1.39. The van der Waals surface area contributed by atoms with Gasteiger partial charge in [0.2, 0.25) is 5.92 Å². The van der Waals surface area contributed by atoms with Crippen molar-refractivity contribution < 1.29 is 13.6 Å². The van der Waals surface area contributed by atoms with Gasteiger partial charge in [-0.2, -0.15) is 0 Å². The molecule has 4 aromatic rings. The molecule has 1 saturated carbocycles. The van der Waals surface area contributed by atoms with Crippen molar-refractivity contribution in [2.45, 2.75) is 31.6 Å². The summed E-state index contributed by atoms with van der Waals surface area (Å²) in [6, 6.07) is 11.2. The fourth-order valence-electron chi connectivity index (χ4n) is 3.76. The van der Waals surface area contributed by atoms with Gasteiger partial charge in [-0.05, 0) is 30.7 Å². The van der Waals surface area contributed by atoms with Crippen molar-refractivity contribution in [2.24, 2.45) is 0 Å². The molecule has 0 unspecified atom stereocenters. The zero-order chi connectivity index (χ0) is 20.9. The molecule has 6 nitrogen and oxygen atoms in total. The van der Waals surface area contributed by atoms with Gasteiger partial charge in [-0.3, -0.25) is 9.20 Å². The normalized spacial score (nSPS) is 15.8. The van der Waals surface area contributed by atoms with Crippen molar-refractivity contribution in [2.75, 3.05) is 5.32 Å². The van der Waals surface area contributed by atoms with E-state index in [1.807, 2.05) is 43.3 Å². The molecule has 0 atom stereocenters. The lowest BCUT2D eigenvalue weighted by molar-refractivity contribution is -0.0883. The van der Waals surface area contributed by atoms with Crippen LogP contribution in [0, 0.1) is 6.92 Å². The Labute approximate surface area is 171 Å². The number of hydrogen-bond acceptors (Lipinski definition) is 3. The Morgan fingerprint density at radius 1 is 1.20 bits per heavy atom. The van der Waals surface area contributed by atoms with Crippen LogP contribution in [0.2, 0.25) is 0 Å². The molecule has 5 rings (SSSR count). The molecule has 1 aliphatic carbocycles. The molecule has 1 aliphatic rings. The number of aromatic amines is 1. The van der Waals surface area contributed by atoms with Crippen LogP contribution in [-0.4, -0.2) is 31.2 Å². The molecule has 3 heterocycles. The lowest BCUT2D eigenvalue weighted by atomic mass is 9.81. The fourth-order valence-corrected chi connectivity index (χ4v) is 3.76. The predicted octanol–water partition coefficient (Wildman–Crippen LogP) is 4.80. The molecule has 30 heavy (non-hydrogen) atoms. The van der Waals surface area contributed by atoms with Gasteiger partial charge in [0.25, 0.3) is 5.91 Å². The van der Waals surface area contributed by atoms with Gasteiger partial charge in [0.15, 0.2) is 0 Å². The Kier molecular flexibility index (Phi) is 4.16. The Hall–Kier alpha value is -3.55. The highest BCUT2D eigenvalue weighted by molar-refractivity contribution is 6.04. The zero-order valence-corrected chi connectivity index (χ0v) is 16.2. The van der Waals surface area contributed by atoms with E-state index in [2.05, 4.69) is 20.3 Å². The van der Waals surface area contributed by atoms with Gasteiger partial charge < -0.3 is 10.3 Å². The number of aryl methyl sites for hydroxylation is 1. The molecule has 152 valence electrons. The number of carbonyl (C=O) groups excluding carboxylic acids is 1. The number of hydrogen-bond donors (Lipinski definition) is 2. The summed E-state index contributed by atoms with van der Waals surface area (Å²) in [5, 5.41) is 2.94. The third-order valence-electron chi connectivity index (χ3n) is 5.52. The van der Waals surface area contributed by atoms with E-state index in [0.717, 1.165) is 16.8 Å². The van der Waals surface area contributed by atoms with E-state index >= 15 is 0 Å². The lowest BCUT2D eigenvalue weighted by Gasteiger charge is -2.33. The van der Waals surface area contributed by atoms with E-state index in [1.165, 1.54) is 0 Å². The van der Waals surface area contributed by atoms with Gasteiger partial charge >= 0.3 is 0 Å². The standard InChI is InChI=1S/C22H19F2N5O/c1-13-5-6-14(17-11-26-20(27-17)15-9-22(23,24)10-15)8-16(13)28-21(30)18-12-25-19-4-2-3-7-29(18)19/h2-8,11-12,15H,9-10H2,1H3,(H,26,27)(H,28,30). The Morgan fingerprint density at radius 2 is 2.03 bits per heavy atom. The fraction of sp³-hybridized carbons (Fsp3) is 0.227. The molecule has 0 radical (unpaired) electrons. The molecular weight excluding hydrogens is 388 g/mol. The van der Waals surface area contributed by atoms with Crippen molar-refractivity contribution in [1.29, 1.82) is 0 Å². The van der Waals surface area contributed by atoms with Crippen molar-refractivity contribution in [3.63, 3.8) is 0 Å². The summed E-state index contributed by atoms with van der Waals surface area (Å²) in [4.78, 5) is 24.5. The minimum atomic E-state index is -2.59. The first-order valence-electron chi connectivity index (χ1n) is 9.67.